The third kappa shape index (κ3) is 5.82. The van der Waals surface area contributed by atoms with Crippen LogP contribution in [0.5, 0.6) is 0 Å². The summed E-state index contributed by atoms with van der Waals surface area (Å²) >= 11 is 7.92. The lowest BCUT2D eigenvalue weighted by Gasteiger charge is -2.12. The minimum absolute atomic E-state index is 0.325. The van der Waals surface area contributed by atoms with Crippen LogP contribution in [0, 0.1) is 6.92 Å². The van der Waals surface area contributed by atoms with Crippen LogP contribution in [0.2, 0.25) is 5.02 Å². The van der Waals surface area contributed by atoms with Gasteiger partial charge < -0.3 is 20.0 Å². The lowest BCUT2D eigenvalue weighted by Crippen LogP contribution is -2.24. The average molecular weight is 473 g/mol. The lowest BCUT2D eigenvalue weighted by atomic mass is 10.2. The zero-order valence-corrected chi connectivity index (χ0v) is 20.4. The van der Waals surface area contributed by atoms with Crippen molar-refractivity contribution in [3.05, 3.63) is 46.8 Å². The fraction of sp³-hybridized carbons (Fsp3) is 0.348. The molecule has 32 heavy (non-hydrogen) atoms. The molecule has 170 valence electrons. The van der Waals surface area contributed by atoms with E-state index in [1.54, 1.807) is 7.05 Å². The molecule has 0 aliphatic rings. The second-order valence-electron chi connectivity index (χ2n) is 7.64. The molecule has 0 atom stereocenters. The smallest absolute Gasteiger partial charge is 0.175 e. The van der Waals surface area contributed by atoms with Crippen molar-refractivity contribution in [3.8, 4) is 11.3 Å². The standard InChI is InChI=1S/C23H29ClN6OS/c1-14(2)28-9-6-10-30-22(27-5)20(21(25)26-4)29-23(30)32-18-12-16(11-17(24)13-18)19-8-7-15(3)31-19/h7-8,11-14,28H,5-6,9-10H2,1-4H3,(H2,25,26). The van der Waals surface area contributed by atoms with Crippen LogP contribution < -0.4 is 11.1 Å². The number of aromatic nitrogens is 2. The number of nitrogens with two attached hydrogens (primary N) is 1. The number of benzene rings is 1. The van der Waals surface area contributed by atoms with Gasteiger partial charge in [-0.1, -0.05) is 37.2 Å². The molecule has 0 saturated heterocycles. The van der Waals surface area contributed by atoms with Gasteiger partial charge in [-0.3, -0.25) is 4.99 Å². The molecule has 3 rings (SSSR count). The number of hydrogen-bond acceptors (Lipinski definition) is 6. The Morgan fingerprint density at radius 3 is 2.75 bits per heavy atom. The molecule has 3 N–H and O–H groups in total. The van der Waals surface area contributed by atoms with Crippen molar-refractivity contribution >= 4 is 41.7 Å². The molecule has 0 fully saturated rings. The molecule has 3 aromatic rings. The van der Waals surface area contributed by atoms with Gasteiger partial charge >= 0.3 is 0 Å². The van der Waals surface area contributed by atoms with Crippen molar-refractivity contribution in [1.82, 2.24) is 14.9 Å². The van der Waals surface area contributed by atoms with Crippen molar-refractivity contribution in [2.45, 2.75) is 49.8 Å². The molecular weight excluding hydrogens is 444 g/mol. The molecule has 9 heteroatoms. The first kappa shape index (κ1) is 24.1. The van der Waals surface area contributed by atoms with Gasteiger partial charge in [0.05, 0.1) is 0 Å². The van der Waals surface area contributed by atoms with E-state index in [1.165, 1.54) is 11.8 Å². The summed E-state index contributed by atoms with van der Waals surface area (Å²) in [7, 11) is 1.63. The zero-order valence-electron chi connectivity index (χ0n) is 18.9. The van der Waals surface area contributed by atoms with E-state index >= 15 is 0 Å². The Balaban J connectivity index is 1.96. The fourth-order valence-corrected chi connectivity index (χ4v) is 4.54. The average Bonchev–Trinajstić information content (AvgIpc) is 3.33. The van der Waals surface area contributed by atoms with E-state index in [0.29, 0.717) is 35.0 Å². The molecule has 1 aromatic carbocycles. The normalized spacial score (nSPS) is 12.0. The highest BCUT2D eigenvalue weighted by molar-refractivity contribution is 7.99. The van der Waals surface area contributed by atoms with Gasteiger partial charge in [0, 0.05) is 35.1 Å². The van der Waals surface area contributed by atoms with Crippen molar-refractivity contribution in [1.29, 1.82) is 0 Å². The molecule has 2 aromatic heterocycles. The Labute approximate surface area is 198 Å². The molecule has 7 nitrogen and oxygen atoms in total. The number of aliphatic imine (C=N–C) groups is 2. The quantitative estimate of drug-likeness (QED) is 0.237. The van der Waals surface area contributed by atoms with Crippen LogP contribution in [0.4, 0.5) is 5.82 Å². The van der Waals surface area contributed by atoms with Gasteiger partial charge in [-0.05, 0) is 56.9 Å². The summed E-state index contributed by atoms with van der Waals surface area (Å²) in [5, 5.41) is 4.81. The maximum Gasteiger partial charge on any atom is 0.175 e. The Morgan fingerprint density at radius 2 is 2.12 bits per heavy atom. The van der Waals surface area contributed by atoms with Crippen LogP contribution in [0.25, 0.3) is 11.3 Å². The Kier molecular flexibility index (Phi) is 8.17. The number of nitrogens with one attached hydrogen (secondary N) is 1. The van der Waals surface area contributed by atoms with Crippen LogP contribution in [0.1, 0.15) is 31.7 Å². The Bertz CT molecular complexity index is 1120. The first-order valence-corrected chi connectivity index (χ1v) is 11.6. The summed E-state index contributed by atoms with van der Waals surface area (Å²) < 4.78 is 7.81. The molecule has 0 radical (unpaired) electrons. The van der Waals surface area contributed by atoms with Gasteiger partial charge in [-0.15, -0.1) is 0 Å². The summed E-state index contributed by atoms with van der Waals surface area (Å²) in [5.41, 5.74) is 7.54. The largest absolute Gasteiger partial charge is 0.461 e. The monoisotopic (exact) mass is 472 g/mol. The van der Waals surface area contributed by atoms with E-state index in [4.69, 9.17) is 26.7 Å². The van der Waals surface area contributed by atoms with Gasteiger partial charge in [0.25, 0.3) is 0 Å². The summed E-state index contributed by atoms with van der Waals surface area (Å²) in [6.45, 7) is 11.5. The van der Waals surface area contributed by atoms with Crippen LogP contribution in [-0.2, 0) is 6.54 Å². The topological polar surface area (TPSA) is 93.7 Å². The number of rotatable bonds is 10. The molecule has 0 unspecified atom stereocenters. The van der Waals surface area contributed by atoms with Crippen LogP contribution in [0.3, 0.4) is 0 Å². The number of imidazole rings is 1. The van der Waals surface area contributed by atoms with E-state index in [9.17, 15) is 0 Å². The van der Waals surface area contributed by atoms with E-state index in [0.717, 1.165) is 40.1 Å². The Hall–Kier alpha value is -2.55. The van der Waals surface area contributed by atoms with Gasteiger partial charge in [0.2, 0.25) is 0 Å². The highest BCUT2D eigenvalue weighted by Crippen LogP contribution is 2.36. The molecule has 0 spiro atoms. The summed E-state index contributed by atoms with van der Waals surface area (Å²) in [4.78, 5) is 14.0. The van der Waals surface area contributed by atoms with Crippen molar-refractivity contribution in [2.75, 3.05) is 13.6 Å². The third-order valence-electron chi connectivity index (χ3n) is 4.76. The number of hydrogen-bond donors (Lipinski definition) is 2. The van der Waals surface area contributed by atoms with Gasteiger partial charge in [0.1, 0.15) is 17.4 Å². The number of halogens is 1. The van der Waals surface area contributed by atoms with Crippen LogP contribution >= 0.6 is 23.4 Å². The van der Waals surface area contributed by atoms with E-state index < -0.39 is 0 Å². The fourth-order valence-electron chi connectivity index (χ4n) is 3.23. The zero-order chi connectivity index (χ0) is 23.3. The molecular formula is C23H29ClN6OS. The second kappa shape index (κ2) is 10.8. The maximum atomic E-state index is 6.42. The summed E-state index contributed by atoms with van der Waals surface area (Å²) in [5.74, 6) is 2.56. The summed E-state index contributed by atoms with van der Waals surface area (Å²) in [6, 6.07) is 10.1. The van der Waals surface area contributed by atoms with Crippen LogP contribution in [0.15, 0.2) is 54.8 Å². The van der Waals surface area contributed by atoms with Crippen molar-refractivity contribution in [2.24, 2.45) is 15.7 Å². The predicted octanol–water partition coefficient (Wildman–Crippen LogP) is 5.31. The molecule has 0 amide bonds. The van der Waals surface area contributed by atoms with Gasteiger partial charge in [-0.2, -0.15) is 0 Å². The maximum absolute atomic E-state index is 6.42. The number of furan rings is 1. The number of aryl methyl sites for hydroxylation is 1. The first-order chi connectivity index (χ1) is 15.3. The Morgan fingerprint density at radius 1 is 1.34 bits per heavy atom. The van der Waals surface area contributed by atoms with Gasteiger partial charge in [-0.25, -0.2) is 9.98 Å². The summed E-state index contributed by atoms with van der Waals surface area (Å²) in [6.07, 6.45) is 0.902. The van der Waals surface area contributed by atoms with Crippen molar-refractivity contribution in [3.63, 3.8) is 0 Å². The first-order valence-electron chi connectivity index (χ1n) is 10.4. The highest BCUT2D eigenvalue weighted by atomic mass is 35.5. The van der Waals surface area contributed by atoms with Crippen LogP contribution in [-0.4, -0.2) is 41.7 Å². The predicted molar refractivity (Wildman–Crippen MR) is 134 cm³/mol. The third-order valence-corrected chi connectivity index (χ3v) is 5.94. The van der Waals surface area contributed by atoms with Crippen molar-refractivity contribution < 1.29 is 4.42 Å². The molecule has 0 bridgehead atoms. The number of amidine groups is 1. The minimum atomic E-state index is 0.325. The molecule has 0 aliphatic carbocycles. The molecule has 0 aliphatic heterocycles. The lowest BCUT2D eigenvalue weighted by molar-refractivity contribution is 0.522. The minimum Gasteiger partial charge on any atom is -0.461 e. The highest BCUT2D eigenvalue weighted by Gasteiger charge is 2.20. The van der Waals surface area contributed by atoms with E-state index in [2.05, 4.69) is 35.9 Å². The molecule has 2 heterocycles. The SMILES string of the molecule is C=Nc1c(/C(N)=N\C)nc(Sc2cc(Cl)cc(-c3ccc(C)o3)c2)n1CCCNC(C)C. The van der Waals surface area contributed by atoms with E-state index in [-0.39, 0.29) is 0 Å². The molecule has 0 saturated carbocycles. The van der Waals surface area contributed by atoms with Gasteiger partial charge in [0.15, 0.2) is 16.7 Å². The van der Waals surface area contributed by atoms with E-state index in [1.807, 2.05) is 41.8 Å². The number of nitrogens with zero attached hydrogens (tertiary/aromatic N) is 4. The second-order valence-corrected chi connectivity index (χ2v) is 9.11.